The second-order valence-corrected chi connectivity index (χ2v) is 6.88. The van der Waals surface area contributed by atoms with Gasteiger partial charge < -0.3 is 15.4 Å². The molecule has 0 aliphatic heterocycles. The summed E-state index contributed by atoms with van der Waals surface area (Å²) in [6.45, 7) is 6.18. The average Bonchev–Trinajstić information content (AvgIpc) is 2.31. The molecule has 0 saturated heterocycles. The summed E-state index contributed by atoms with van der Waals surface area (Å²) in [6, 6.07) is 6.62. The van der Waals surface area contributed by atoms with Crippen LogP contribution < -0.4 is 20.5 Å². The maximum atomic E-state index is 11.4. The molecular formula is C13H22N4O4S. The van der Waals surface area contributed by atoms with Crippen molar-refractivity contribution in [2.75, 3.05) is 23.1 Å². The zero-order valence-electron chi connectivity index (χ0n) is 12.8. The predicted molar refractivity (Wildman–Crippen MR) is 85.9 cm³/mol. The number of ether oxygens (including phenoxy) is 1. The molecule has 0 bridgehead atoms. The smallest absolute Gasteiger partial charge is 0.407 e. The molecule has 0 fully saturated rings. The molecule has 0 atom stereocenters. The van der Waals surface area contributed by atoms with Gasteiger partial charge in [-0.3, -0.25) is 4.72 Å². The van der Waals surface area contributed by atoms with E-state index in [0.29, 0.717) is 24.5 Å². The van der Waals surface area contributed by atoms with E-state index < -0.39 is 21.9 Å². The molecule has 5 N–H and O–H groups in total. The summed E-state index contributed by atoms with van der Waals surface area (Å²) in [6.07, 6.45) is -0.487. The summed E-state index contributed by atoms with van der Waals surface area (Å²) in [7, 11) is -3.80. The quantitative estimate of drug-likeness (QED) is 0.584. The summed E-state index contributed by atoms with van der Waals surface area (Å²) in [5, 5.41) is 10.6. The number of carbonyl (C=O) groups is 1. The Morgan fingerprint density at radius 2 is 1.86 bits per heavy atom. The number of amides is 1. The van der Waals surface area contributed by atoms with E-state index >= 15 is 0 Å². The summed E-state index contributed by atoms with van der Waals surface area (Å²) in [5.41, 5.74) is 0.512. The number of nitrogens with one attached hydrogen (secondary N) is 3. The van der Waals surface area contributed by atoms with Crippen LogP contribution in [0.1, 0.15) is 20.8 Å². The number of anilines is 2. The number of hydrogen-bond donors (Lipinski definition) is 4. The van der Waals surface area contributed by atoms with Crippen molar-refractivity contribution in [1.29, 1.82) is 0 Å². The first-order valence-corrected chi connectivity index (χ1v) is 8.21. The largest absolute Gasteiger partial charge is 0.444 e. The topological polar surface area (TPSA) is 123 Å². The zero-order chi connectivity index (χ0) is 16.8. The highest BCUT2D eigenvalue weighted by Crippen LogP contribution is 2.15. The molecule has 0 saturated carbocycles. The highest BCUT2D eigenvalue weighted by Gasteiger charge is 2.15. The monoisotopic (exact) mass is 330 g/mol. The lowest BCUT2D eigenvalue weighted by atomic mass is 10.2. The predicted octanol–water partition coefficient (Wildman–Crippen LogP) is 1.24. The Labute approximate surface area is 130 Å². The molecule has 8 nitrogen and oxygen atoms in total. The van der Waals surface area contributed by atoms with E-state index in [-0.39, 0.29) is 0 Å². The Bertz CT molecular complexity index is 611. The number of alkyl carbamates (subject to hydrolysis) is 1. The molecule has 0 radical (unpaired) electrons. The maximum Gasteiger partial charge on any atom is 0.407 e. The molecule has 0 aliphatic carbocycles. The minimum Gasteiger partial charge on any atom is -0.444 e. The first-order valence-electron chi connectivity index (χ1n) is 6.66. The SMILES string of the molecule is CC(C)(C)OC(=O)NCCNc1cccc(NS(N)(=O)=O)c1. The molecule has 1 rings (SSSR count). The Balaban J connectivity index is 2.39. The van der Waals surface area contributed by atoms with Gasteiger partial charge in [0, 0.05) is 18.8 Å². The maximum absolute atomic E-state index is 11.4. The van der Waals surface area contributed by atoms with Crippen LogP contribution in [0.4, 0.5) is 16.2 Å². The third kappa shape index (κ3) is 8.32. The number of rotatable bonds is 6. The van der Waals surface area contributed by atoms with Crippen LogP contribution in [0.15, 0.2) is 24.3 Å². The lowest BCUT2D eigenvalue weighted by Crippen LogP contribution is -2.35. The van der Waals surface area contributed by atoms with Crippen LogP contribution in [0, 0.1) is 0 Å². The van der Waals surface area contributed by atoms with Crippen LogP contribution in [0.25, 0.3) is 0 Å². The van der Waals surface area contributed by atoms with E-state index in [9.17, 15) is 13.2 Å². The fraction of sp³-hybridized carbons (Fsp3) is 0.462. The van der Waals surface area contributed by atoms with Gasteiger partial charge in [-0.25, -0.2) is 9.93 Å². The van der Waals surface area contributed by atoms with Gasteiger partial charge in [-0.05, 0) is 39.0 Å². The van der Waals surface area contributed by atoms with Gasteiger partial charge in [-0.2, -0.15) is 8.42 Å². The normalized spacial score (nSPS) is 11.6. The number of carbonyl (C=O) groups excluding carboxylic acids is 1. The van der Waals surface area contributed by atoms with E-state index in [1.165, 1.54) is 0 Å². The minimum atomic E-state index is -3.80. The van der Waals surface area contributed by atoms with Crippen molar-refractivity contribution in [3.63, 3.8) is 0 Å². The standard InChI is InChI=1S/C13H22N4O4S/c1-13(2,3)21-12(18)16-8-7-15-10-5-4-6-11(9-10)17-22(14,19)20/h4-6,9,15,17H,7-8H2,1-3H3,(H,16,18)(H2,14,19,20). The van der Waals surface area contributed by atoms with Crippen molar-refractivity contribution in [2.24, 2.45) is 5.14 Å². The molecule has 9 heteroatoms. The van der Waals surface area contributed by atoms with Crippen molar-refractivity contribution in [1.82, 2.24) is 5.32 Å². The summed E-state index contributed by atoms with van der Waals surface area (Å²) < 4.78 is 29.2. The van der Waals surface area contributed by atoms with Gasteiger partial charge in [0.2, 0.25) is 0 Å². The number of benzene rings is 1. The van der Waals surface area contributed by atoms with Gasteiger partial charge in [0.25, 0.3) is 10.2 Å². The lowest BCUT2D eigenvalue weighted by molar-refractivity contribution is 0.0530. The Kier molecular flexibility index (Phi) is 6.01. The molecule has 1 aromatic rings. The van der Waals surface area contributed by atoms with Crippen molar-refractivity contribution >= 4 is 27.7 Å². The van der Waals surface area contributed by atoms with Crippen LogP contribution in [0.5, 0.6) is 0 Å². The van der Waals surface area contributed by atoms with Gasteiger partial charge in [0.05, 0.1) is 5.69 Å². The van der Waals surface area contributed by atoms with Gasteiger partial charge >= 0.3 is 6.09 Å². The molecule has 1 aromatic carbocycles. The molecule has 0 aliphatic rings. The highest BCUT2D eigenvalue weighted by atomic mass is 32.2. The highest BCUT2D eigenvalue weighted by molar-refractivity contribution is 7.90. The minimum absolute atomic E-state index is 0.354. The van der Waals surface area contributed by atoms with Gasteiger partial charge in [-0.1, -0.05) is 6.07 Å². The zero-order valence-corrected chi connectivity index (χ0v) is 13.7. The van der Waals surface area contributed by atoms with Crippen molar-refractivity contribution in [3.8, 4) is 0 Å². The van der Waals surface area contributed by atoms with E-state index in [2.05, 4.69) is 15.4 Å². The molecule has 124 valence electrons. The molecule has 0 heterocycles. The van der Waals surface area contributed by atoms with Crippen LogP contribution in [-0.2, 0) is 14.9 Å². The van der Waals surface area contributed by atoms with Gasteiger partial charge in [0.15, 0.2) is 0 Å². The van der Waals surface area contributed by atoms with E-state index in [1.807, 2.05) is 0 Å². The van der Waals surface area contributed by atoms with Crippen LogP contribution >= 0.6 is 0 Å². The molecule has 1 amide bonds. The van der Waals surface area contributed by atoms with Crippen molar-refractivity contribution in [2.45, 2.75) is 26.4 Å². The Hall–Kier alpha value is -2.00. The van der Waals surface area contributed by atoms with Crippen molar-refractivity contribution in [3.05, 3.63) is 24.3 Å². The van der Waals surface area contributed by atoms with E-state index in [0.717, 1.165) is 0 Å². The second kappa shape index (κ2) is 7.32. The van der Waals surface area contributed by atoms with E-state index in [1.54, 1.807) is 45.0 Å². The van der Waals surface area contributed by atoms with Crippen LogP contribution in [-0.4, -0.2) is 33.2 Å². The molecule has 0 unspecified atom stereocenters. The molecule has 22 heavy (non-hydrogen) atoms. The molecular weight excluding hydrogens is 308 g/mol. The van der Waals surface area contributed by atoms with Crippen LogP contribution in [0.2, 0.25) is 0 Å². The average molecular weight is 330 g/mol. The first-order chi connectivity index (χ1) is 10.1. The summed E-state index contributed by atoms with van der Waals surface area (Å²) >= 11 is 0. The van der Waals surface area contributed by atoms with E-state index in [4.69, 9.17) is 9.88 Å². The van der Waals surface area contributed by atoms with Crippen LogP contribution in [0.3, 0.4) is 0 Å². The summed E-state index contributed by atoms with van der Waals surface area (Å²) in [5.74, 6) is 0. The fourth-order valence-electron chi connectivity index (χ4n) is 1.54. The Morgan fingerprint density at radius 1 is 1.23 bits per heavy atom. The summed E-state index contributed by atoms with van der Waals surface area (Å²) in [4.78, 5) is 11.4. The second-order valence-electron chi connectivity index (χ2n) is 5.58. The lowest BCUT2D eigenvalue weighted by Gasteiger charge is -2.19. The molecule has 0 aromatic heterocycles. The third-order valence-electron chi connectivity index (χ3n) is 2.25. The van der Waals surface area contributed by atoms with Gasteiger partial charge in [0.1, 0.15) is 5.60 Å². The number of hydrogen-bond acceptors (Lipinski definition) is 5. The fourth-order valence-corrected chi connectivity index (χ4v) is 2.00. The van der Waals surface area contributed by atoms with Crippen molar-refractivity contribution < 1.29 is 17.9 Å². The Morgan fingerprint density at radius 3 is 2.45 bits per heavy atom. The third-order valence-corrected chi connectivity index (χ3v) is 2.77. The van der Waals surface area contributed by atoms with Gasteiger partial charge in [-0.15, -0.1) is 0 Å². The number of nitrogens with two attached hydrogens (primary N) is 1. The molecule has 0 spiro atoms. The first kappa shape index (κ1) is 18.1.